The van der Waals surface area contributed by atoms with E-state index in [4.69, 9.17) is 4.74 Å². The van der Waals surface area contributed by atoms with Crippen molar-refractivity contribution in [2.24, 2.45) is 0 Å². The minimum absolute atomic E-state index is 0.0710. The predicted octanol–water partition coefficient (Wildman–Crippen LogP) is 1.71. The molecule has 1 atom stereocenters. The first kappa shape index (κ1) is 20.5. The number of fused-ring (bicyclic) bond motifs is 1. The third kappa shape index (κ3) is 4.44. The number of aryl methyl sites for hydroxylation is 1. The molecule has 0 unspecified atom stereocenters. The van der Waals surface area contributed by atoms with Gasteiger partial charge in [-0.1, -0.05) is 12.1 Å². The van der Waals surface area contributed by atoms with Crippen molar-refractivity contribution in [1.82, 2.24) is 20.2 Å². The van der Waals surface area contributed by atoms with Crippen molar-refractivity contribution in [3.8, 4) is 0 Å². The Morgan fingerprint density at radius 3 is 2.69 bits per heavy atom. The van der Waals surface area contributed by atoms with Crippen molar-refractivity contribution in [3.05, 3.63) is 39.9 Å². The van der Waals surface area contributed by atoms with Crippen molar-refractivity contribution in [3.63, 3.8) is 0 Å². The molecule has 3 amide bonds. The highest BCUT2D eigenvalue weighted by Gasteiger charge is 2.30. The molecule has 2 aromatic rings. The molecule has 0 bridgehead atoms. The lowest BCUT2D eigenvalue weighted by Crippen LogP contribution is -2.45. The summed E-state index contributed by atoms with van der Waals surface area (Å²) in [6.45, 7) is 7.00. The second kappa shape index (κ2) is 7.65. The average molecular weight is 400 g/mol. The van der Waals surface area contributed by atoms with Crippen molar-refractivity contribution < 1.29 is 19.1 Å². The lowest BCUT2D eigenvalue weighted by molar-refractivity contribution is -0.135. The van der Waals surface area contributed by atoms with Crippen LogP contribution in [0.3, 0.4) is 0 Å². The smallest absolute Gasteiger partial charge is 0.407 e. The van der Waals surface area contributed by atoms with Gasteiger partial charge in [-0.05, 0) is 45.7 Å². The number of nitrogens with one attached hydrogen (secondary N) is 2. The van der Waals surface area contributed by atoms with Gasteiger partial charge in [0.2, 0.25) is 11.8 Å². The Bertz CT molecular complexity index is 1050. The molecule has 1 fully saturated rings. The zero-order chi connectivity index (χ0) is 21.3. The number of piperidine rings is 1. The third-order valence-electron chi connectivity index (χ3n) is 4.54. The molecule has 0 saturated carbocycles. The molecule has 29 heavy (non-hydrogen) atoms. The Labute approximate surface area is 167 Å². The standard InChI is InChI=1S/C20H24N4O5/c1-11-22-13-7-5-6-12(10-21-19(28)29-20(2,3)4)16(13)18(27)24(11)14-8-9-15(25)23-17(14)26/h5-7,14H,8-10H2,1-4H3,(H,21,28)(H,23,25,26)/t14-/m0/s1. The van der Waals surface area contributed by atoms with Crippen LogP contribution in [0.1, 0.15) is 51.0 Å². The van der Waals surface area contributed by atoms with Gasteiger partial charge in [-0.3, -0.25) is 24.3 Å². The SMILES string of the molecule is Cc1nc2cccc(CNC(=O)OC(C)(C)C)c2c(=O)n1[C@H]1CCC(=O)NC1=O. The van der Waals surface area contributed by atoms with Crippen molar-refractivity contribution in [1.29, 1.82) is 0 Å². The maximum absolute atomic E-state index is 13.3. The molecule has 9 nitrogen and oxygen atoms in total. The van der Waals surface area contributed by atoms with Gasteiger partial charge in [0.15, 0.2) is 0 Å². The largest absolute Gasteiger partial charge is 0.444 e. The summed E-state index contributed by atoms with van der Waals surface area (Å²) >= 11 is 0. The molecule has 9 heteroatoms. The Kier molecular flexibility index (Phi) is 5.41. The topological polar surface area (TPSA) is 119 Å². The molecule has 2 N–H and O–H groups in total. The van der Waals surface area contributed by atoms with Crippen molar-refractivity contribution in [2.45, 2.75) is 58.7 Å². The molecule has 1 aromatic heterocycles. The summed E-state index contributed by atoms with van der Waals surface area (Å²) in [6, 6.07) is 4.36. The summed E-state index contributed by atoms with van der Waals surface area (Å²) in [5.74, 6) is -0.487. The van der Waals surface area contributed by atoms with Crippen LogP contribution in [-0.2, 0) is 20.9 Å². The molecule has 0 spiro atoms. The highest BCUT2D eigenvalue weighted by atomic mass is 16.6. The molecule has 3 rings (SSSR count). The highest BCUT2D eigenvalue weighted by Crippen LogP contribution is 2.21. The van der Waals surface area contributed by atoms with Gasteiger partial charge < -0.3 is 10.1 Å². The monoisotopic (exact) mass is 400 g/mol. The van der Waals surface area contributed by atoms with E-state index in [2.05, 4.69) is 15.6 Å². The minimum atomic E-state index is -0.802. The summed E-state index contributed by atoms with van der Waals surface area (Å²) in [6.07, 6.45) is -0.209. The van der Waals surface area contributed by atoms with E-state index in [0.717, 1.165) is 0 Å². The summed E-state index contributed by atoms with van der Waals surface area (Å²) < 4.78 is 6.55. The van der Waals surface area contributed by atoms with Crippen LogP contribution in [0.25, 0.3) is 10.9 Å². The van der Waals surface area contributed by atoms with Crippen LogP contribution in [0.4, 0.5) is 4.79 Å². The summed E-state index contributed by atoms with van der Waals surface area (Å²) in [7, 11) is 0. The number of hydrogen-bond donors (Lipinski definition) is 2. The van der Waals surface area contributed by atoms with E-state index < -0.39 is 23.6 Å². The summed E-state index contributed by atoms with van der Waals surface area (Å²) in [4.78, 5) is 53.5. The van der Waals surface area contributed by atoms with E-state index in [1.54, 1.807) is 45.9 Å². The van der Waals surface area contributed by atoms with E-state index in [-0.39, 0.29) is 30.9 Å². The quantitative estimate of drug-likeness (QED) is 0.757. The number of ether oxygens (including phenoxy) is 1. The van der Waals surface area contributed by atoms with Crippen molar-refractivity contribution in [2.75, 3.05) is 0 Å². The van der Waals surface area contributed by atoms with Gasteiger partial charge in [0.1, 0.15) is 17.5 Å². The predicted molar refractivity (Wildman–Crippen MR) is 105 cm³/mol. The molecule has 1 aliphatic rings. The first-order valence-electron chi connectivity index (χ1n) is 9.38. The van der Waals surface area contributed by atoms with E-state index in [1.807, 2.05) is 0 Å². The van der Waals surface area contributed by atoms with Crippen LogP contribution in [0.2, 0.25) is 0 Å². The van der Waals surface area contributed by atoms with Gasteiger partial charge in [-0.25, -0.2) is 9.78 Å². The number of carbonyl (C=O) groups is 3. The fraction of sp³-hybridized carbons (Fsp3) is 0.450. The van der Waals surface area contributed by atoms with E-state index in [1.165, 1.54) is 4.57 Å². The molecule has 1 saturated heterocycles. The molecule has 0 radical (unpaired) electrons. The number of benzene rings is 1. The highest BCUT2D eigenvalue weighted by molar-refractivity contribution is 5.99. The number of alkyl carbamates (subject to hydrolysis) is 1. The Balaban J connectivity index is 1.99. The average Bonchev–Trinajstić information content (AvgIpc) is 2.60. The Morgan fingerprint density at radius 2 is 2.03 bits per heavy atom. The summed E-state index contributed by atoms with van der Waals surface area (Å²) in [5.41, 5.74) is 0.00928. The van der Waals surface area contributed by atoms with E-state index in [0.29, 0.717) is 22.3 Å². The first-order chi connectivity index (χ1) is 13.6. The lowest BCUT2D eigenvalue weighted by Gasteiger charge is -2.24. The molecular weight excluding hydrogens is 376 g/mol. The zero-order valence-electron chi connectivity index (χ0n) is 16.9. The van der Waals surface area contributed by atoms with Crippen LogP contribution in [0, 0.1) is 6.92 Å². The number of imide groups is 1. The van der Waals surface area contributed by atoms with E-state index >= 15 is 0 Å². The molecular formula is C20H24N4O5. The molecule has 2 heterocycles. The van der Waals surface area contributed by atoms with Crippen LogP contribution in [0.5, 0.6) is 0 Å². The van der Waals surface area contributed by atoms with Gasteiger partial charge in [0.05, 0.1) is 10.9 Å². The van der Waals surface area contributed by atoms with Crippen LogP contribution in [0.15, 0.2) is 23.0 Å². The zero-order valence-corrected chi connectivity index (χ0v) is 16.9. The molecule has 1 aliphatic heterocycles. The maximum Gasteiger partial charge on any atom is 0.407 e. The van der Waals surface area contributed by atoms with Gasteiger partial charge >= 0.3 is 6.09 Å². The number of hydrogen-bond acceptors (Lipinski definition) is 6. The molecule has 154 valence electrons. The van der Waals surface area contributed by atoms with Gasteiger partial charge in [0.25, 0.3) is 5.56 Å². The summed E-state index contributed by atoms with van der Waals surface area (Å²) in [5, 5.41) is 5.23. The van der Waals surface area contributed by atoms with Crippen LogP contribution >= 0.6 is 0 Å². The van der Waals surface area contributed by atoms with Crippen molar-refractivity contribution >= 4 is 28.8 Å². The second-order valence-electron chi connectivity index (χ2n) is 7.97. The van der Waals surface area contributed by atoms with Gasteiger partial charge in [-0.2, -0.15) is 0 Å². The third-order valence-corrected chi connectivity index (χ3v) is 4.54. The fourth-order valence-electron chi connectivity index (χ4n) is 3.35. The van der Waals surface area contributed by atoms with Gasteiger partial charge in [0, 0.05) is 13.0 Å². The van der Waals surface area contributed by atoms with Crippen LogP contribution < -0.4 is 16.2 Å². The fourth-order valence-corrected chi connectivity index (χ4v) is 3.35. The molecule has 1 aromatic carbocycles. The number of rotatable bonds is 3. The van der Waals surface area contributed by atoms with Gasteiger partial charge in [-0.15, -0.1) is 0 Å². The molecule has 0 aliphatic carbocycles. The number of nitrogens with zero attached hydrogens (tertiary/aromatic N) is 2. The lowest BCUT2D eigenvalue weighted by atomic mass is 10.0. The van der Waals surface area contributed by atoms with E-state index in [9.17, 15) is 19.2 Å². The number of amides is 3. The normalized spacial score (nSPS) is 17.2. The maximum atomic E-state index is 13.3. The second-order valence-corrected chi connectivity index (χ2v) is 7.97. The Morgan fingerprint density at radius 1 is 1.31 bits per heavy atom. The Hall–Kier alpha value is -3.23. The minimum Gasteiger partial charge on any atom is -0.444 e. The number of aromatic nitrogens is 2. The first-order valence-corrected chi connectivity index (χ1v) is 9.38. The number of carbonyl (C=O) groups excluding carboxylic acids is 3. The van der Waals surface area contributed by atoms with Crippen LogP contribution in [-0.4, -0.2) is 33.1 Å².